The summed E-state index contributed by atoms with van der Waals surface area (Å²) in [6, 6.07) is 21.3. The minimum Gasteiger partial charge on any atom is -0.354 e. The van der Waals surface area contributed by atoms with Crippen LogP contribution >= 0.6 is 11.6 Å². The average Bonchev–Trinajstić information content (AvgIpc) is 2.93. The van der Waals surface area contributed by atoms with E-state index in [2.05, 4.69) is 5.32 Å². The molecule has 3 aromatic carbocycles. The third-order valence-electron chi connectivity index (χ3n) is 6.38. The summed E-state index contributed by atoms with van der Waals surface area (Å²) >= 11 is 6.06. The largest absolute Gasteiger partial charge is 0.354 e. The molecule has 0 spiro atoms. The number of hydrogen-bond acceptors (Lipinski definition) is 4. The van der Waals surface area contributed by atoms with Crippen LogP contribution < -0.4 is 9.62 Å². The maximum absolute atomic E-state index is 14.0. The third kappa shape index (κ3) is 8.07. The first-order chi connectivity index (χ1) is 18.7. The predicted octanol–water partition coefficient (Wildman–Crippen LogP) is 5.57. The number of sulfonamides is 1. The molecule has 1 N–H and O–H groups in total. The van der Waals surface area contributed by atoms with E-state index in [4.69, 9.17) is 11.6 Å². The second-order valence-corrected chi connectivity index (χ2v) is 11.7. The summed E-state index contributed by atoms with van der Waals surface area (Å²) in [6.45, 7) is 5.90. The Balaban J connectivity index is 2.02. The van der Waals surface area contributed by atoms with Gasteiger partial charge in [-0.2, -0.15) is 0 Å². The molecule has 3 aromatic rings. The average molecular weight is 570 g/mol. The molecule has 0 saturated carbocycles. The van der Waals surface area contributed by atoms with Crippen molar-refractivity contribution in [3.8, 4) is 0 Å². The molecule has 3 rings (SSSR count). The highest BCUT2D eigenvalue weighted by Gasteiger charge is 2.33. The Kier molecular flexibility index (Phi) is 10.9. The lowest BCUT2D eigenvalue weighted by Gasteiger charge is -2.33. The molecule has 9 heteroatoms. The van der Waals surface area contributed by atoms with Crippen molar-refractivity contribution in [2.45, 2.75) is 57.5 Å². The Labute approximate surface area is 236 Å². The molecule has 2 amide bonds. The van der Waals surface area contributed by atoms with Crippen molar-refractivity contribution in [2.75, 3.05) is 17.4 Å². The van der Waals surface area contributed by atoms with Crippen LogP contribution in [0.15, 0.2) is 83.8 Å². The fourth-order valence-corrected chi connectivity index (χ4v) is 5.80. The van der Waals surface area contributed by atoms with Gasteiger partial charge in [0.05, 0.1) is 10.6 Å². The summed E-state index contributed by atoms with van der Waals surface area (Å²) in [6.07, 6.45) is 2.12. The highest BCUT2D eigenvalue weighted by atomic mass is 35.5. The number of nitrogens with one attached hydrogen (secondary N) is 1. The molecule has 208 valence electrons. The molecule has 0 unspecified atom stereocenters. The van der Waals surface area contributed by atoms with Crippen molar-refractivity contribution < 1.29 is 18.0 Å². The van der Waals surface area contributed by atoms with Crippen molar-refractivity contribution in [2.24, 2.45) is 0 Å². The van der Waals surface area contributed by atoms with Crippen molar-refractivity contribution in [1.29, 1.82) is 0 Å². The molecule has 39 heavy (non-hydrogen) atoms. The van der Waals surface area contributed by atoms with E-state index >= 15 is 0 Å². The molecule has 0 aliphatic rings. The number of nitrogens with zero attached hydrogens (tertiary/aromatic N) is 2. The van der Waals surface area contributed by atoms with E-state index in [1.807, 2.05) is 26.8 Å². The molecule has 0 bridgehead atoms. The summed E-state index contributed by atoms with van der Waals surface area (Å²) in [5.74, 6) is -0.746. The topological polar surface area (TPSA) is 86.8 Å². The van der Waals surface area contributed by atoms with Crippen LogP contribution in [0.3, 0.4) is 0 Å². The zero-order valence-electron chi connectivity index (χ0n) is 22.6. The fourth-order valence-electron chi connectivity index (χ4n) is 4.24. The first-order valence-corrected chi connectivity index (χ1v) is 14.9. The lowest BCUT2D eigenvalue weighted by atomic mass is 10.1. The van der Waals surface area contributed by atoms with Crippen LogP contribution in [0.4, 0.5) is 5.69 Å². The van der Waals surface area contributed by atoms with Crippen molar-refractivity contribution >= 4 is 39.1 Å². The van der Waals surface area contributed by atoms with E-state index in [1.54, 1.807) is 60.7 Å². The molecular formula is C30H36ClN3O4S. The highest BCUT2D eigenvalue weighted by molar-refractivity contribution is 7.92. The lowest BCUT2D eigenvalue weighted by molar-refractivity contribution is -0.140. The fraction of sp³-hybridized carbons (Fsp3) is 0.333. The van der Waals surface area contributed by atoms with Crippen LogP contribution in [-0.2, 0) is 26.2 Å². The van der Waals surface area contributed by atoms with Gasteiger partial charge in [-0.25, -0.2) is 8.42 Å². The number of halogens is 1. The van der Waals surface area contributed by atoms with Gasteiger partial charge in [0.1, 0.15) is 12.6 Å². The van der Waals surface area contributed by atoms with E-state index < -0.39 is 28.5 Å². The summed E-state index contributed by atoms with van der Waals surface area (Å²) in [5, 5.41) is 3.48. The lowest BCUT2D eigenvalue weighted by Crippen LogP contribution is -2.52. The zero-order chi connectivity index (χ0) is 28.4. The Hall–Kier alpha value is -3.36. The first-order valence-electron chi connectivity index (χ1n) is 13.1. The quantitative estimate of drug-likeness (QED) is 0.273. The van der Waals surface area contributed by atoms with E-state index in [1.165, 1.54) is 17.0 Å². The van der Waals surface area contributed by atoms with Gasteiger partial charge in [-0.05, 0) is 67.3 Å². The number of benzene rings is 3. The number of rotatable bonds is 13. The van der Waals surface area contributed by atoms with Gasteiger partial charge in [-0.15, -0.1) is 0 Å². The summed E-state index contributed by atoms with van der Waals surface area (Å²) < 4.78 is 28.7. The molecule has 0 fully saturated rings. The molecular weight excluding hydrogens is 534 g/mol. The minimum atomic E-state index is -4.08. The number of unbranched alkanes of at least 4 members (excludes halogenated alkanes) is 1. The van der Waals surface area contributed by atoms with Gasteiger partial charge in [0, 0.05) is 18.1 Å². The smallest absolute Gasteiger partial charge is 0.264 e. The number of carbonyl (C=O) groups is 2. The number of carbonyl (C=O) groups excluding carboxylic acids is 2. The van der Waals surface area contributed by atoms with Crippen LogP contribution in [0.2, 0.25) is 5.02 Å². The van der Waals surface area contributed by atoms with Gasteiger partial charge < -0.3 is 10.2 Å². The van der Waals surface area contributed by atoms with Crippen molar-refractivity contribution in [3.63, 3.8) is 0 Å². The van der Waals surface area contributed by atoms with Gasteiger partial charge in [0.15, 0.2) is 0 Å². The van der Waals surface area contributed by atoms with Crippen LogP contribution in [0.25, 0.3) is 0 Å². The van der Waals surface area contributed by atoms with Gasteiger partial charge in [0.25, 0.3) is 10.0 Å². The second kappa shape index (κ2) is 14.1. The van der Waals surface area contributed by atoms with Crippen LogP contribution in [-0.4, -0.2) is 44.3 Å². The Morgan fingerprint density at radius 3 is 2.26 bits per heavy atom. The normalized spacial score (nSPS) is 12.0. The van der Waals surface area contributed by atoms with Crippen LogP contribution in [0.5, 0.6) is 0 Å². The number of amides is 2. The van der Waals surface area contributed by atoms with Gasteiger partial charge in [-0.1, -0.05) is 74.3 Å². The number of hydrogen-bond donors (Lipinski definition) is 1. The van der Waals surface area contributed by atoms with Crippen molar-refractivity contribution in [1.82, 2.24) is 10.2 Å². The van der Waals surface area contributed by atoms with Gasteiger partial charge in [0.2, 0.25) is 11.8 Å². The van der Waals surface area contributed by atoms with E-state index in [9.17, 15) is 18.0 Å². The summed E-state index contributed by atoms with van der Waals surface area (Å²) in [4.78, 5) is 28.8. The molecule has 0 heterocycles. The van der Waals surface area contributed by atoms with E-state index in [0.29, 0.717) is 23.7 Å². The molecule has 0 radical (unpaired) electrons. The van der Waals surface area contributed by atoms with Crippen LogP contribution in [0, 0.1) is 6.92 Å². The minimum absolute atomic E-state index is 0.0768. The van der Waals surface area contributed by atoms with Crippen molar-refractivity contribution in [3.05, 3.63) is 95.0 Å². The molecule has 1 atom stereocenters. The Morgan fingerprint density at radius 1 is 0.949 bits per heavy atom. The second-order valence-electron chi connectivity index (χ2n) is 9.38. The van der Waals surface area contributed by atoms with Crippen LogP contribution in [0.1, 0.15) is 44.2 Å². The molecule has 7 nitrogen and oxygen atoms in total. The monoisotopic (exact) mass is 569 g/mol. The van der Waals surface area contributed by atoms with Gasteiger partial charge in [-0.3, -0.25) is 13.9 Å². The number of anilines is 1. The van der Waals surface area contributed by atoms with E-state index in [0.717, 1.165) is 28.3 Å². The standard InChI is InChI=1S/C30H36ClN3O4S/c1-4-6-19-32-30(36)28(5-2)33(21-24-15-17-25(31)18-16-24)29(35)22-34(26-12-10-11-23(3)20-26)39(37,38)27-13-8-7-9-14-27/h7-18,20,28H,4-6,19,21-22H2,1-3H3,(H,32,36)/t28-/m1/s1. The molecule has 0 aromatic heterocycles. The zero-order valence-corrected chi connectivity index (χ0v) is 24.2. The van der Waals surface area contributed by atoms with E-state index in [-0.39, 0.29) is 17.3 Å². The maximum atomic E-state index is 14.0. The van der Waals surface area contributed by atoms with Gasteiger partial charge >= 0.3 is 0 Å². The predicted molar refractivity (Wildman–Crippen MR) is 156 cm³/mol. The molecule has 0 aliphatic heterocycles. The Bertz CT molecular complexity index is 1350. The Morgan fingerprint density at radius 2 is 1.64 bits per heavy atom. The number of aryl methyl sites for hydroxylation is 1. The maximum Gasteiger partial charge on any atom is 0.264 e. The first kappa shape index (κ1) is 30.2. The molecule has 0 aliphatic carbocycles. The summed E-state index contributed by atoms with van der Waals surface area (Å²) in [7, 11) is -4.08. The summed E-state index contributed by atoms with van der Waals surface area (Å²) in [5.41, 5.74) is 2.01. The third-order valence-corrected chi connectivity index (χ3v) is 8.42. The SMILES string of the molecule is CCCCNC(=O)[C@@H](CC)N(Cc1ccc(Cl)cc1)C(=O)CN(c1cccc(C)c1)S(=O)(=O)c1ccccc1. The molecule has 0 saturated heterocycles. The highest BCUT2D eigenvalue weighted by Crippen LogP contribution is 2.25.